The molecule has 0 aromatic heterocycles. The molecule has 0 bridgehead atoms. The first-order chi connectivity index (χ1) is 12.1. The Kier molecular flexibility index (Phi) is 11.3. The maximum absolute atomic E-state index is 9.10. The molecule has 0 saturated heterocycles. The van der Waals surface area contributed by atoms with Crippen LogP contribution in [0.2, 0.25) is 0 Å². The van der Waals surface area contributed by atoms with Crippen LogP contribution in [0.25, 0.3) is 0 Å². The summed E-state index contributed by atoms with van der Waals surface area (Å²) in [5.74, 6) is -2.60. The first-order valence-corrected chi connectivity index (χ1v) is 8.50. The van der Waals surface area contributed by atoms with Crippen molar-refractivity contribution in [1.82, 2.24) is 5.32 Å². The third-order valence-electron chi connectivity index (χ3n) is 3.43. The largest absolute Gasteiger partial charge is 0.493 e. The van der Waals surface area contributed by atoms with Crippen LogP contribution in [0, 0.1) is 6.92 Å². The van der Waals surface area contributed by atoms with E-state index in [4.69, 9.17) is 29.3 Å². The Bertz CT molecular complexity index is 554. The van der Waals surface area contributed by atoms with E-state index in [0.717, 1.165) is 38.5 Å². The van der Waals surface area contributed by atoms with Gasteiger partial charge in [0.2, 0.25) is 0 Å². The predicted molar refractivity (Wildman–Crippen MR) is 100 cm³/mol. The molecule has 1 rings (SSSR count). The fraction of sp³-hybridized carbons (Fsp3) is 0.579. The van der Waals surface area contributed by atoms with Gasteiger partial charge in [-0.05, 0) is 36.4 Å². The average molecular weight is 369 g/mol. The van der Waals surface area contributed by atoms with E-state index < -0.39 is 11.9 Å². The van der Waals surface area contributed by atoms with Crippen molar-refractivity contribution in [1.29, 1.82) is 0 Å². The zero-order valence-corrected chi connectivity index (χ0v) is 16.3. The van der Waals surface area contributed by atoms with Crippen molar-refractivity contribution in [3.63, 3.8) is 0 Å². The van der Waals surface area contributed by atoms with Crippen molar-refractivity contribution in [2.75, 3.05) is 33.4 Å². The Morgan fingerprint density at radius 3 is 2.19 bits per heavy atom. The van der Waals surface area contributed by atoms with Gasteiger partial charge < -0.3 is 25.0 Å². The molecular weight excluding hydrogens is 338 g/mol. The van der Waals surface area contributed by atoms with Crippen LogP contribution in [0.15, 0.2) is 18.2 Å². The van der Waals surface area contributed by atoms with E-state index >= 15 is 0 Å². The van der Waals surface area contributed by atoms with Crippen LogP contribution in [0.1, 0.15) is 38.3 Å². The van der Waals surface area contributed by atoms with Gasteiger partial charge in [0, 0.05) is 13.7 Å². The van der Waals surface area contributed by atoms with Crippen LogP contribution in [0.5, 0.6) is 5.75 Å². The second kappa shape index (κ2) is 12.3. The molecule has 0 amide bonds. The summed E-state index contributed by atoms with van der Waals surface area (Å²) >= 11 is 0. The summed E-state index contributed by atoms with van der Waals surface area (Å²) in [4.78, 5) is 18.2. The van der Waals surface area contributed by atoms with E-state index in [-0.39, 0.29) is 5.41 Å². The summed E-state index contributed by atoms with van der Waals surface area (Å²) in [5, 5.41) is 18.1. The lowest BCUT2D eigenvalue weighted by Crippen LogP contribution is -2.22. The quantitative estimate of drug-likeness (QED) is 0.477. The lowest BCUT2D eigenvalue weighted by molar-refractivity contribution is -0.159. The number of aryl methyl sites for hydroxylation is 1. The van der Waals surface area contributed by atoms with Crippen LogP contribution in [-0.2, 0) is 19.7 Å². The van der Waals surface area contributed by atoms with Gasteiger partial charge in [-0.2, -0.15) is 0 Å². The molecule has 3 N–H and O–H groups in total. The topological polar surface area (TPSA) is 105 Å². The first-order valence-electron chi connectivity index (χ1n) is 8.50. The highest BCUT2D eigenvalue weighted by atomic mass is 16.5. The maximum Gasteiger partial charge on any atom is 0.414 e. The molecule has 148 valence electrons. The standard InChI is InChI=1S/C17H29NO2.C2H2O4/c1-14-8-6-9-15(17(2,3)4)16(14)20-12-7-10-18-11-13-19-5;3-1(4)2(5)6/h6,8-9,18H,7,10-13H2,1-5H3;(H,3,4)(H,5,6). The first kappa shape index (κ1) is 23.9. The number of hydrogen-bond donors (Lipinski definition) is 3. The van der Waals surface area contributed by atoms with Gasteiger partial charge in [-0.25, -0.2) is 9.59 Å². The Hall–Kier alpha value is -2.12. The summed E-state index contributed by atoms with van der Waals surface area (Å²) in [6.45, 7) is 12.1. The molecule has 26 heavy (non-hydrogen) atoms. The van der Waals surface area contributed by atoms with Gasteiger partial charge in [-0.3, -0.25) is 0 Å². The predicted octanol–water partition coefficient (Wildman–Crippen LogP) is 2.45. The van der Waals surface area contributed by atoms with E-state index in [1.807, 2.05) is 0 Å². The van der Waals surface area contributed by atoms with Gasteiger partial charge in [0.25, 0.3) is 0 Å². The number of para-hydroxylation sites is 1. The summed E-state index contributed by atoms with van der Waals surface area (Å²) in [6, 6.07) is 6.38. The number of carboxylic acids is 2. The third-order valence-corrected chi connectivity index (χ3v) is 3.43. The van der Waals surface area contributed by atoms with Gasteiger partial charge >= 0.3 is 11.9 Å². The minimum Gasteiger partial charge on any atom is -0.493 e. The number of benzene rings is 1. The molecule has 0 aliphatic heterocycles. The van der Waals surface area contributed by atoms with E-state index in [1.54, 1.807) is 7.11 Å². The number of methoxy groups -OCH3 is 1. The summed E-state index contributed by atoms with van der Waals surface area (Å²) in [7, 11) is 1.72. The van der Waals surface area contributed by atoms with Crippen molar-refractivity contribution in [3.8, 4) is 5.75 Å². The molecule has 0 heterocycles. The van der Waals surface area contributed by atoms with Crippen LogP contribution in [0.3, 0.4) is 0 Å². The van der Waals surface area contributed by atoms with Gasteiger partial charge in [0.15, 0.2) is 0 Å². The molecule has 0 aliphatic carbocycles. The molecule has 7 nitrogen and oxygen atoms in total. The van der Waals surface area contributed by atoms with Crippen LogP contribution >= 0.6 is 0 Å². The second-order valence-corrected chi connectivity index (χ2v) is 6.76. The van der Waals surface area contributed by atoms with Crippen molar-refractivity contribution in [3.05, 3.63) is 29.3 Å². The number of aliphatic carboxylic acids is 2. The Morgan fingerprint density at radius 2 is 1.69 bits per heavy atom. The van der Waals surface area contributed by atoms with E-state index in [9.17, 15) is 0 Å². The number of hydrogen-bond acceptors (Lipinski definition) is 5. The SMILES string of the molecule is COCCNCCCOc1c(C)cccc1C(C)(C)C.O=C(O)C(=O)O. The molecule has 0 spiro atoms. The van der Waals surface area contributed by atoms with E-state index in [1.165, 1.54) is 11.1 Å². The minimum atomic E-state index is -1.82. The fourth-order valence-electron chi connectivity index (χ4n) is 2.11. The lowest BCUT2D eigenvalue weighted by atomic mass is 9.85. The molecule has 1 aromatic carbocycles. The van der Waals surface area contributed by atoms with E-state index in [0.29, 0.717) is 0 Å². The van der Waals surface area contributed by atoms with Crippen molar-refractivity contribution in [2.45, 2.75) is 39.5 Å². The summed E-state index contributed by atoms with van der Waals surface area (Å²) < 4.78 is 11.0. The smallest absolute Gasteiger partial charge is 0.414 e. The van der Waals surface area contributed by atoms with Gasteiger partial charge in [-0.1, -0.05) is 39.0 Å². The fourth-order valence-corrected chi connectivity index (χ4v) is 2.11. The lowest BCUT2D eigenvalue weighted by Gasteiger charge is -2.24. The summed E-state index contributed by atoms with van der Waals surface area (Å²) in [6.07, 6.45) is 1.00. The highest BCUT2D eigenvalue weighted by molar-refractivity contribution is 6.27. The molecule has 0 unspecified atom stereocenters. The molecule has 0 fully saturated rings. The molecule has 0 aliphatic rings. The number of carboxylic acid groups (broad SMARTS) is 2. The maximum atomic E-state index is 9.10. The average Bonchev–Trinajstić information content (AvgIpc) is 2.54. The van der Waals surface area contributed by atoms with Crippen molar-refractivity contribution >= 4 is 11.9 Å². The zero-order chi connectivity index (χ0) is 20.2. The highest BCUT2D eigenvalue weighted by Crippen LogP contribution is 2.33. The monoisotopic (exact) mass is 369 g/mol. The molecule has 0 atom stereocenters. The molecule has 0 radical (unpaired) electrons. The normalized spacial score (nSPS) is 10.7. The number of ether oxygens (including phenoxy) is 2. The van der Waals surface area contributed by atoms with Gasteiger partial charge in [0.1, 0.15) is 5.75 Å². The van der Waals surface area contributed by atoms with Gasteiger partial charge in [-0.15, -0.1) is 0 Å². The number of nitrogens with one attached hydrogen (secondary N) is 1. The van der Waals surface area contributed by atoms with Crippen LogP contribution < -0.4 is 10.1 Å². The van der Waals surface area contributed by atoms with E-state index in [2.05, 4.69) is 51.2 Å². The zero-order valence-electron chi connectivity index (χ0n) is 16.3. The molecule has 7 heteroatoms. The Morgan fingerprint density at radius 1 is 1.08 bits per heavy atom. The number of carbonyl (C=O) groups is 2. The van der Waals surface area contributed by atoms with Crippen molar-refractivity contribution in [2.24, 2.45) is 0 Å². The Balaban J connectivity index is 0.000000896. The van der Waals surface area contributed by atoms with Crippen LogP contribution in [0.4, 0.5) is 0 Å². The van der Waals surface area contributed by atoms with Crippen LogP contribution in [-0.4, -0.2) is 55.6 Å². The Labute approximate surface area is 155 Å². The molecular formula is C19H31NO6. The summed E-state index contributed by atoms with van der Waals surface area (Å²) in [5.41, 5.74) is 2.60. The minimum absolute atomic E-state index is 0.109. The van der Waals surface area contributed by atoms with Crippen molar-refractivity contribution < 1.29 is 29.3 Å². The molecule has 1 aromatic rings. The van der Waals surface area contributed by atoms with Gasteiger partial charge in [0.05, 0.1) is 13.2 Å². The second-order valence-electron chi connectivity index (χ2n) is 6.76. The molecule has 0 saturated carbocycles. The third kappa shape index (κ3) is 10.0. The number of rotatable bonds is 8. The highest BCUT2D eigenvalue weighted by Gasteiger charge is 2.19.